The van der Waals surface area contributed by atoms with Crippen LogP contribution in [0.1, 0.15) is 72.6 Å². The Kier molecular flexibility index (Phi) is 12.2. The van der Waals surface area contributed by atoms with E-state index < -0.39 is 99.1 Å². The summed E-state index contributed by atoms with van der Waals surface area (Å²) in [6, 6.07) is 1.41. The Hall–Kier alpha value is -4.95. The second-order valence-electron chi connectivity index (χ2n) is 17.6. The van der Waals surface area contributed by atoms with E-state index in [1.54, 1.807) is 49.3 Å². The number of hydrogen-bond donors (Lipinski definition) is 3. The third-order valence-electron chi connectivity index (χ3n) is 12.5. The first-order valence-electron chi connectivity index (χ1n) is 20.1. The van der Waals surface area contributed by atoms with Gasteiger partial charge >= 0.3 is 12.3 Å². The van der Waals surface area contributed by atoms with Gasteiger partial charge in [-0.25, -0.2) is 22.6 Å². The summed E-state index contributed by atoms with van der Waals surface area (Å²) in [4.78, 5) is 68.5. The van der Waals surface area contributed by atoms with Crippen LogP contribution in [0.15, 0.2) is 30.4 Å². The number of carbonyl (C=O) groups excluding carboxylic acids is 3. The number of methoxy groups -OCH3 is 1. The second-order valence-corrected chi connectivity index (χ2v) is 19.7. The topological polar surface area (TPSA) is 201 Å². The van der Waals surface area contributed by atoms with E-state index in [1.807, 2.05) is 11.6 Å². The highest BCUT2D eigenvalue weighted by Gasteiger charge is 2.64. The number of carboxylic acid groups (broad SMARTS) is 1. The Morgan fingerprint density at radius 2 is 1.80 bits per heavy atom. The fourth-order valence-corrected chi connectivity index (χ4v) is 9.81. The van der Waals surface area contributed by atoms with Crippen molar-refractivity contribution in [3.63, 3.8) is 0 Å². The Morgan fingerprint density at radius 1 is 1.11 bits per heavy atom. The van der Waals surface area contributed by atoms with E-state index in [2.05, 4.69) is 15.3 Å². The van der Waals surface area contributed by atoms with Gasteiger partial charge in [0.1, 0.15) is 46.4 Å². The van der Waals surface area contributed by atoms with E-state index in [4.69, 9.17) is 9.47 Å². The van der Waals surface area contributed by atoms with Crippen LogP contribution >= 0.6 is 0 Å². The maximum absolute atomic E-state index is 15.1. The lowest BCUT2D eigenvalue weighted by Gasteiger charge is -2.45. The number of hydrogen-bond acceptors (Lipinski definition) is 11. The zero-order valence-electron chi connectivity index (χ0n) is 35.1. The molecule has 0 spiro atoms. The largest absolute Gasteiger partial charge is 0.497 e. The Balaban J connectivity index is 1.45. The smallest absolute Gasteiger partial charge is 0.411 e. The molecule has 3 heterocycles. The molecule has 21 heteroatoms. The third-order valence-corrected chi connectivity index (χ3v) is 14.7. The lowest BCUT2D eigenvalue weighted by atomic mass is 9.85. The van der Waals surface area contributed by atoms with Crippen molar-refractivity contribution in [2.75, 3.05) is 39.3 Å². The number of aromatic nitrogens is 2. The van der Waals surface area contributed by atoms with Crippen LogP contribution < -0.4 is 24.4 Å². The quantitative estimate of drug-likeness (QED) is 0.222. The van der Waals surface area contributed by atoms with Crippen molar-refractivity contribution in [2.45, 2.75) is 113 Å². The predicted octanol–water partition coefficient (Wildman–Crippen LogP) is 4.58. The predicted molar refractivity (Wildman–Crippen MR) is 214 cm³/mol. The zero-order valence-corrected chi connectivity index (χ0v) is 35.9. The van der Waals surface area contributed by atoms with Crippen molar-refractivity contribution < 1.29 is 59.7 Å². The molecule has 1 saturated heterocycles. The number of nitrogens with one attached hydrogen (secondary N) is 2. The molecule has 2 aliphatic carbocycles. The molecule has 3 fully saturated rings. The number of sulfonamides is 1. The van der Waals surface area contributed by atoms with Crippen LogP contribution in [0.3, 0.4) is 0 Å². The number of benzene rings is 1. The molecule has 0 bridgehead atoms. The summed E-state index contributed by atoms with van der Waals surface area (Å²) in [5, 5.41) is 13.6. The molecular weight excluding hydrogens is 831 g/mol. The van der Waals surface area contributed by atoms with Gasteiger partial charge < -0.3 is 29.7 Å². The number of alkyl halides is 4. The highest BCUT2D eigenvalue weighted by molar-refractivity contribution is 7.91. The van der Waals surface area contributed by atoms with Crippen LogP contribution in [0.4, 0.5) is 28.3 Å². The fraction of sp³-hybridized carbons (Fsp3) is 0.650. The second kappa shape index (κ2) is 16.4. The summed E-state index contributed by atoms with van der Waals surface area (Å²) in [5.74, 6) is -4.37. The third kappa shape index (κ3) is 8.62. The molecule has 0 unspecified atom stereocenters. The molecule has 4 aliphatic rings. The molecule has 336 valence electrons. The lowest BCUT2D eigenvalue weighted by Crippen LogP contribution is -2.66. The first-order valence-corrected chi connectivity index (χ1v) is 21.6. The van der Waals surface area contributed by atoms with Gasteiger partial charge in [0, 0.05) is 32.5 Å². The minimum Gasteiger partial charge on any atom is -0.497 e. The number of carbonyl (C=O) groups is 4. The summed E-state index contributed by atoms with van der Waals surface area (Å²) >= 11 is 0. The number of halogens is 4. The number of nitrogens with zero attached hydrogens (tertiary/aromatic N) is 5. The maximum Gasteiger partial charge on any atom is 0.411 e. The fourth-order valence-electron chi connectivity index (χ4n) is 8.38. The van der Waals surface area contributed by atoms with Gasteiger partial charge in [0.25, 0.3) is 5.91 Å². The molecular formula is C40H53F4N7O9S. The Bertz CT molecular complexity index is 2200. The van der Waals surface area contributed by atoms with Crippen LogP contribution in [0, 0.1) is 17.8 Å². The van der Waals surface area contributed by atoms with Crippen molar-refractivity contribution in [1.82, 2.24) is 29.8 Å². The van der Waals surface area contributed by atoms with Crippen LogP contribution in [0.2, 0.25) is 0 Å². The lowest BCUT2D eigenvalue weighted by molar-refractivity contribution is -0.222. The average molecular weight is 884 g/mol. The number of allylic oxidation sites excluding steroid dienone is 1. The highest BCUT2D eigenvalue weighted by atomic mass is 32.2. The van der Waals surface area contributed by atoms with Crippen molar-refractivity contribution >= 4 is 50.7 Å². The van der Waals surface area contributed by atoms with Crippen LogP contribution in [-0.2, 0) is 24.4 Å². The van der Waals surface area contributed by atoms with Crippen LogP contribution in [0.5, 0.6) is 11.6 Å². The van der Waals surface area contributed by atoms with E-state index >= 15 is 4.79 Å². The number of fused-ring (bicyclic) bond motifs is 3. The molecule has 4 amide bonds. The van der Waals surface area contributed by atoms with Gasteiger partial charge in [0.15, 0.2) is 0 Å². The van der Waals surface area contributed by atoms with Gasteiger partial charge in [-0.15, -0.1) is 0 Å². The molecule has 16 nitrogen and oxygen atoms in total. The standard InChI is InChI=1S/C40H53F4N7O9S/c1-22-10-8-9-11-24-19-39(24,34(54)48-61(57,58)38(21-41)14-15-38)47-31(52)29-18-26(60-32-27-13-12-25(59-7)17-28(27)45-35(46-32)49(5)6)20-50(29)33(53)30(23(2)16-22)51(36(55)56)37(3,4)40(42,43)44/h9,11-13,17,22-24,26,29-30H,8,10,14-16,18-21H2,1-7H3,(H,47,52)(H,48,54)(H,55,56)/t22-,23+,24+,26+,29-,30-,39+/m0/s1. The molecule has 1 aromatic carbocycles. The minimum atomic E-state index is -5.13. The normalized spacial score (nSPS) is 28.1. The van der Waals surface area contributed by atoms with E-state index in [9.17, 15) is 45.5 Å². The van der Waals surface area contributed by atoms with Gasteiger partial charge in [-0.1, -0.05) is 26.0 Å². The Labute approximate surface area is 351 Å². The zero-order chi connectivity index (χ0) is 45.0. The molecule has 2 aliphatic heterocycles. The monoisotopic (exact) mass is 883 g/mol. The highest BCUT2D eigenvalue weighted by Crippen LogP contribution is 2.48. The van der Waals surface area contributed by atoms with Crippen molar-refractivity contribution in [2.24, 2.45) is 17.8 Å². The van der Waals surface area contributed by atoms with Crippen molar-refractivity contribution in [1.29, 1.82) is 0 Å². The number of amides is 4. The summed E-state index contributed by atoms with van der Waals surface area (Å²) in [7, 11) is 0.344. The first kappa shape index (κ1) is 45.6. The number of ether oxygens (including phenoxy) is 2. The molecule has 2 aromatic rings. The van der Waals surface area contributed by atoms with Crippen LogP contribution in [-0.4, -0.2) is 132 Å². The molecule has 1 aromatic heterocycles. The summed E-state index contributed by atoms with van der Waals surface area (Å²) in [5.41, 5.74) is -4.51. The van der Waals surface area contributed by atoms with Gasteiger partial charge in [-0.3, -0.25) is 24.0 Å². The summed E-state index contributed by atoms with van der Waals surface area (Å²) in [6.45, 7) is 3.00. The SMILES string of the molecule is COc1ccc2c(O[C@@H]3C[C@H]4C(=O)N[C@]5(C(=O)NS(=O)(=O)C6(CF)CC6)C[C@H]5C=CCC[C@H](C)C[C@@H](C)[C@H](N(C(=O)O)C(C)(C)C(F)(F)F)C(=O)N4C3)nc(N(C)C)nc2c1. The molecule has 61 heavy (non-hydrogen) atoms. The van der Waals surface area contributed by atoms with Crippen molar-refractivity contribution in [3.8, 4) is 11.6 Å². The molecule has 6 rings (SSSR count). The number of rotatable bonds is 10. The average Bonchev–Trinajstić information content (AvgIpc) is 4.08. The van der Waals surface area contributed by atoms with E-state index in [1.165, 1.54) is 14.0 Å². The van der Waals surface area contributed by atoms with E-state index in [0.717, 1.165) is 4.90 Å². The molecule has 0 radical (unpaired) electrons. The number of anilines is 1. The Morgan fingerprint density at radius 3 is 2.39 bits per heavy atom. The van der Waals surface area contributed by atoms with Gasteiger partial charge in [-0.05, 0) is 76.3 Å². The maximum atomic E-state index is 15.1. The first-order chi connectivity index (χ1) is 28.4. The van der Waals surface area contributed by atoms with E-state index in [-0.39, 0.29) is 54.8 Å². The van der Waals surface area contributed by atoms with E-state index in [0.29, 0.717) is 43.3 Å². The minimum absolute atomic E-state index is 0.00316. The van der Waals surface area contributed by atoms with Gasteiger partial charge in [0.2, 0.25) is 33.7 Å². The van der Waals surface area contributed by atoms with Gasteiger partial charge in [0.05, 0.1) is 24.6 Å². The van der Waals surface area contributed by atoms with Gasteiger partial charge in [-0.2, -0.15) is 18.2 Å². The van der Waals surface area contributed by atoms with Crippen molar-refractivity contribution in [3.05, 3.63) is 30.4 Å². The summed E-state index contributed by atoms with van der Waals surface area (Å²) in [6.07, 6.45) is -4.16. The van der Waals surface area contributed by atoms with Crippen LogP contribution in [0.25, 0.3) is 10.9 Å². The molecule has 2 saturated carbocycles. The molecule has 3 N–H and O–H groups in total. The summed E-state index contributed by atoms with van der Waals surface area (Å²) < 4.78 is 96.6. The molecule has 7 atom stereocenters.